The Hall–Kier alpha value is -0.740. The minimum Gasteiger partial charge on any atom is -0.503 e. The van der Waals surface area contributed by atoms with Gasteiger partial charge in [0.25, 0.3) is 0 Å². The van der Waals surface area contributed by atoms with Gasteiger partial charge in [-0.3, -0.25) is 0 Å². The molecule has 3 nitrogen and oxygen atoms in total. The molecule has 0 radical (unpaired) electrons. The summed E-state index contributed by atoms with van der Waals surface area (Å²) < 4.78 is 5.83. The van der Waals surface area contributed by atoms with E-state index in [4.69, 9.17) is 10.5 Å². The molecule has 0 heterocycles. The third kappa shape index (κ3) is 3.11. The summed E-state index contributed by atoms with van der Waals surface area (Å²) in [6, 6.07) is 3.79. The predicted molar refractivity (Wildman–Crippen MR) is 64.4 cm³/mol. The van der Waals surface area contributed by atoms with Crippen LogP contribution in [0.3, 0.4) is 0 Å². The Morgan fingerprint density at radius 1 is 1.40 bits per heavy atom. The fraction of sp³-hybridized carbons (Fsp3) is 0.455. The number of hydrogen-bond donors (Lipinski definition) is 2. The number of phenols is 1. The van der Waals surface area contributed by atoms with E-state index < -0.39 is 0 Å². The smallest absolute Gasteiger partial charge is 0.172 e. The molecule has 0 aliphatic carbocycles. The second-order valence-electron chi connectivity index (χ2n) is 3.33. The van der Waals surface area contributed by atoms with Gasteiger partial charge >= 0.3 is 0 Å². The maximum atomic E-state index is 9.74. The minimum atomic E-state index is 0.169. The monoisotopic (exact) mass is 273 g/mol. The zero-order chi connectivity index (χ0) is 11.3. The highest BCUT2D eigenvalue weighted by molar-refractivity contribution is 9.10. The van der Waals surface area contributed by atoms with Crippen molar-refractivity contribution in [1.82, 2.24) is 0 Å². The molecule has 0 saturated heterocycles. The number of phenolic OH excluding ortho intramolecular Hbond substituents is 1. The Morgan fingerprint density at radius 2 is 2.13 bits per heavy atom. The van der Waals surface area contributed by atoms with Crippen molar-refractivity contribution in [2.75, 3.05) is 13.7 Å². The lowest BCUT2D eigenvalue weighted by Gasteiger charge is -2.11. The number of methoxy groups -OCH3 is 1. The number of hydrogen-bond acceptors (Lipinski definition) is 3. The molecule has 0 spiro atoms. The first kappa shape index (κ1) is 12.3. The molecular weight excluding hydrogens is 258 g/mol. The van der Waals surface area contributed by atoms with E-state index in [1.807, 2.05) is 12.1 Å². The molecular formula is C11H16BrNO2. The highest BCUT2D eigenvalue weighted by Crippen LogP contribution is 2.37. The molecule has 0 atom stereocenters. The molecule has 0 aromatic heterocycles. The van der Waals surface area contributed by atoms with Gasteiger partial charge in [-0.1, -0.05) is 6.07 Å². The topological polar surface area (TPSA) is 55.5 Å². The number of aryl methyl sites for hydroxylation is 1. The van der Waals surface area contributed by atoms with Crippen LogP contribution in [-0.2, 0) is 6.42 Å². The molecule has 0 fully saturated rings. The van der Waals surface area contributed by atoms with Gasteiger partial charge in [0.2, 0.25) is 0 Å². The van der Waals surface area contributed by atoms with Gasteiger partial charge in [0.1, 0.15) is 0 Å². The lowest BCUT2D eigenvalue weighted by atomic mass is 10.1. The molecule has 0 bridgehead atoms. The maximum absolute atomic E-state index is 9.74. The van der Waals surface area contributed by atoms with E-state index in [0.29, 0.717) is 16.8 Å². The third-order valence-electron chi connectivity index (χ3n) is 2.27. The van der Waals surface area contributed by atoms with Gasteiger partial charge in [-0.15, -0.1) is 0 Å². The highest BCUT2D eigenvalue weighted by atomic mass is 79.9. The summed E-state index contributed by atoms with van der Waals surface area (Å²) in [5.74, 6) is 0.726. The van der Waals surface area contributed by atoms with Crippen molar-refractivity contribution in [3.8, 4) is 11.5 Å². The molecule has 0 aliphatic heterocycles. The largest absolute Gasteiger partial charge is 0.503 e. The molecule has 0 unspecified atom stereocenters. The van der Waals surface area contributed by atoms with E-state index in [-0.39, 0.29) is 5.75 Å². The molecule has 3 N–H and O–H groups in total. The fourth-order valence-corrected chi connectivity index (χ4v) is 1.79. The Bertz CT molecular complexity index is 329. The van der Waals surface area contributed by atoms with E-state index in [1.54, 1.807) is 7.11 Å². The average molecular weight is 274 g/mol. The molecule has 1 aromatic rings. The molecule has 84 valence electrons. The van der Waals surface area contributed by atoms with Crippen molar-refractivity contribution in [2.24, 2.45) is 5.73 Å². The summed E-state index contributed by atoms with van der Waals surface area (Å²) in [7, 11) is 1.56. The molecule has 0 aliphatic rings. The first-order chi connectivity index (χ1) is 7.20. The maximum Gasteiger partial charge on any atom is 0.172 e. The van der Waals surface area contributed by atoms with Crippen LogP contribution in [0, 0.1) is 0 Å². The van der Waals surface area contributed by atoms with E-state index in [9.17, 15) is 5.11 Å². The summed E-state index contributed by atoms with van der Waals surface area (Å²) in [5.41, 5.74) is 6.45. The fourth-order valence-electron chi connectivity index (χ4n) is 1.47. The summed E-state index contributed by atoms with van der Waals surface area (Å²) in [5, 5.41) is 9.74. The van der Waals surface area contributed by atoms with Crippen LogP contribution in [0.1, 0.15) is 18.4 Å². The number of rotatable bonds is 5. The van der Waals surface area contributed by atoms with Crippen LogP contribution in [0.5, 0.6) is 11.5 Å². The quantitative estimate of drug-likeness (QED) is 0.811. The van der Waals surface area contributed by atoms with Crippen molar-refractivity contribution in [2.45, 2.75) is 19.3 Å². The van der Waals surface area contributed by atoms with Gasteiger partial charge in [0.05, 0.1) is 11.6 Å². The number of unbranched alkanes of at least 4 members (excludes halogenated alkanes) is 1. The standard InChI is InChI=1S/C11H16BrNO2/c1-15-11-8(4-2-3-7-13)5-6-9(12)10(11)14/h5-6,14H,2-4,7,13H2,1H3. The van der Waals surface area contributed by atoms with Gasteiger partial charge in [-0.05, 0) is 53.4 Å². The van der Waals surface area contributed by atoms with Crippen molar-refractivity contribution >= 4 is 15.9 Å². The van der Waals surface area contributed by atoms with Crippen molar-refractivity contribution < 1.29 is 9.84 Å². The minimum absolute atomic E-state index is 0.169. The van der Waals surface area contributed by atoms with Crippen molar-refractivity contribution in [1.29, 1.82) is 0 Å². The number of nitrogens with two attached hydrogens (primary N) is 1. The Morgan fingerprint density at radius 3 is 2.73 bits per heavy atom. The van der Waals surface area contributed by atoms with Gasteiger partial charge in [-0.2, -0.15) is 0 Å². The Labute approximate surface area is 98.4 Å². The lowest BCUT2D eigenvalue weighted by molar-refractivity contribution is 0.367. The second-order valence-corrected chi connectivity index (χ2v) is 4.19. The van der Waals surface area contributed by atoms with Crippen LogP contribution in [0.4, 0.5) is 0 Å². The zero-order valence-electron chi connectivity index (χ0n) is 8.79. The van der Waals surface area contributed by atoms with E-state index >= 15 is 0 Å². The predicted octanol–water partition coefficient (Wildman–Crippen LogP) is 2.44. The first-order valence-electron chi connectivity index (χ1n) is 4.95. The average Bonchev–Trinajstić information content (AvgIpc) is 2.24. The zero-order valence-corrected chi connectivity index (χ0v) is 10.4. The number of benzene rings is 1. The Kier molecular flexibility index (Phi) is 4.91. The van der Waals surface area contributed by atoms with Gasteiger partial charge < -0.3 is 15.6 Å². The Balaban J connectivity index is 2.83. The van der Waals surface area contributed by atoms with Gasteiger partial charge in [0.15, 0.2) is 11.5 Å². The van der Waals surface area contributed by atoms with E-state index in [1.165, 1.54) is 0 Å². The van der Waals surface area contributed by atoms with Crippen LogP contribution >= 0.6 is 15.9 Å². The van der Waals surface area contributed by atoms with Crippen LogP contribution in [0.25, 0.3) is 0 Å². The molecule has 0 amide bonds. The molecule has 15 heavy (non-hydrogen) atoms. The number of ether oxygens (including phenoxy) is 1. The number of halogens is 1. The normalized spacial score (nSPS) is 10.3. The third-order valence-corrected chi connectivity index (χ3v) is 2.91. The highest BCUT2D eigenvalue weighted by Gasteiger charge is 2.11. The summed E-state index contributed by atoms with van der Waals surface area (Å²) in [6.07, 6.45) is 2.87. The van der Waals surface area contributed by atoms with Crippen molar-refractivity contribution in [3.63, 3.8) is 0 Å². The van der Waals surface area contributed by atoms with Crippen LogP contribution in [-0.4, -0.2) is 18.8 Å². The second kappa shape index (κ2) is 5.98. The van der Waals surface area contributed by atoms with Crippen molar-refractivity contribution in [3.05, 3.63) is 22.2 Å². The van der Waals surface area contributed by atoms with Crippen LogP contribution in [0.2, 0.25) is 0 Å². The van der Waals surface area contributed by atoms with Crippen LogP contribution in [0.15, 0.2) is 16.6 Å². The van der Waals surface area contributed by atoms with Crippen LogP contribution < -0.4 is 10.5 Å². The first-order valence-corrected chi connectivity index (χ1v) is 5.74. The lowest BCUT2D eigenvalue weighted by Crippen LogP contribution is -2.00. The summed E-state index contributed by atoms with van der Waals surface area (Å²) >= 11 is 3.25. The van der Waals surface area contributed by atoms with E-state index in [0.717, 1.165) is 24.8 Å². The molecule has 1 rings (SSSR count). The summed E-state index contributed by atoms with van der Waals surface area (Å²) in [4.78, 5) is 0. The van der Waals surface area contributed by atoms with Gasteiger partial charge in [-0.25, -0.2) is 0 Å². The summed E-state index contributed by atoms with van der Waals surface area (Å²) in [6.45, 7) is 0.699. The number of aromatic hydroxyl groups is 1. The SMILES string of the molecule is COc1c(CCCCN)ccc(Br)c1O. The molecule has 0 saturated carbocycles. The van der Waals surface area contributed by atoms with Gasteiger partial charge in [0, 0.05) is 0 Å². The molecule has 1 aromatic carbocycles. The molecule has 4 heteroatoms. The van der Waals surface area contributed by atoms with E-state index in [2.05, 4.69) is 15.9 Å².